The molecular weight excluding hydrogens is 303 g/mol. The third kappa shape index (κ3) is 2.66. The van der Waals surface area contributed by atoms with Crippen LogP contribution < -0.4 is 0 Å². The van der Waals surface area contributed by atoms with Crippen molar-refractivity contribution in [2.24, 2.45) is 0 Å². The molecule has 0 spiro atoms. The van der Waals surface area contributed by atoms with Gasteiger partial charge >= 0.3 is 0 Å². The lowest BCUT2D eigenvalue weighted by molar-refractivity contribution is 0.741. The Morgan fingerprint density at radius 2 is 1.86 bits per heavy atom. The molecule has 0 saturated heterocycles. The molecule has 0 bridgehead atoms. The van der Waals surface area contributed by atoms with Crippen molar-refractivity contribution in [2.45, 2.75) is 25.8 Å². The summed E-state index contributed by atoms with van der Waals surface area (Å²) in [4.78, 5) is 4.68. The van der Waals surface area contributed by atoms with E-state index in [9.17, 15) is 0 Å². The molecule has 0 aliphatic carbocycles. The van der Waals surface area contributed by atoms with E-state index < -0.39 is 0 Å². The lowest BCUT2D eigenvalue weighted by Gasteiger charge is -2.12. The van der Waals surface area contributed by atoms with Crippen molar-refractivity contribution in [1.29, 1.82) is 0 Å². The Kier molecular flexibility index (Phi) is 3.92. The number of hydrogen-bond acceptors (Lipinski definition) is 1. The maximum absolute atomic E-state index is 6.32. The summed E-state index contributed by atoms with van der Waals surface area (Å²) in [6.45, 7) is 4.71. The van der Waals surface area contributed by atoms with Crippen LogP contribution in [0, 0.1) is 6.92 Å². The molecule has 0 fully saturated rings. The summed E-state index contributed by atoms with van der Waals surface area (Å²) < 4.78 is 2.17. The Bertz CT molecular complexity index is 776. The minimum absolute atomic E-state index is 0.153. The first-order chi connectivity index (χ1) is 10.1. The van der Waals surface area contributed by atoms with Gasteiger partial charge in [0.2, 0.25) is 0 Å². The number of imidazole rings is 1. The maximum atomic E-state index is 6.32. The Labute approximate surface area is 134 Å². The highest BCUT2D eigenvalue weighted by Gasteiger charge is 2.17. The zero-order valence-electron chi connectivity index (χ0n) is 12.0. The second-order valence-electron chi connectivity index (χ2n) is 5.20. The molecule has 4 heteroatoms. The number of aromatic nitrogens is 2. The van der Waals surface area contributed by atoms with E-state index in [1.807, 2.05) is 44.2 Å². The molecule has 2 aromatic carbocycles. The molecule has 0 amide bonds. The molecule has 1 atom stereocenters. The van der Waals surface area contributed by atoms with Gasteiger partial charge in [0.05, 0.1) is 16.4 Å². The van der Waals surface area contributed by atoms with Gasteiger partial charge in [0.1, 0.15) is 5.82 Å². The van der Waals surface area contributed by atoms with E-state index in [0.717, 1.165) is 34.0 Å². The highest BCUT2D eigenvalue weighted by atomic mass is 35.5. The van der Waals surface area contributed by atoms with Crippen LogP contribution in [-0.4, -0.2) is 9.55 Å². The molecule has 2 nitrogen and oxygen atoms in total. The summed E-state index contributed by atoms with van der Waals surface area (Å²) >= 11 is 12.6. The fourth-order valence-electron chi connectivity index (χ4n) is 2.62. The average molecular weight is 319 g/mol. The van der Waals surface area contributed by atoms with Crippen molar-refractivity contribution in [2.75, 3.05) is 0 Å². The van der Waals surface area contributed by atoms with E-state index in [4.69, 9.17) is 23.2 Å². The molecule has 0 radical (unpaired) electrons. The Morgan fingerprint density at radius 3 is 2.52 bits per heavy atom. The van der Waals surface area contributed by atoms with E-state index in [0.29, 0.717) is 0 Å². The predicted octanol–water partition coefficient (Wildman–Crippen LogP) is 5.35. The summed E-state index contributed by atoms with van der Waals surface area (Å²) in [7, 11) is 0. The normalized spacial score (nSPS) is 12.8. The quantitative estimate of drug-likeness (QED) is 0.595. The fraction of sp³-hybridized carbons (Fsp3) is 0.235. The van der Waals surface area contributed by atoms with Gasteiger partial charge < -0.3 is 4.57 Å². The van der Waals surface area contributed by atoms with Gasteiger partial charge in [-0.05, 0) is 37.1 Å². The van der Waals surface area contributed by atoms with E-state index >= 15 is 0 Å². The van der Waals surface area contributed by atoms with Crippen molar-refractivity contribution in [3.05, 3.63) is 64.4 Å². The van der Waals surface area contributed by atoms with Crippen LogP contribution in [0.1, 0.15) is 29.3 Å². The van der Waals surface area contributed by atoms with E-state index in [-0.39, 0.29) is 5.38 Å². The lowest BCUT2D eigenvalue weighted by atomic mass is 10.2. The van der Waals surface area contributed by atoms with Crippen LogP contribution in [0.5, 0.6) is 0 Å². The molecule has 108 valence electrons. The predicted molar refractivity (Wildman–Crippen MR) is 89.3 cm³/mol. The van der Waals surface area contributed by atoms with Gasteiger partial charge in [0.15, 0.2) is 0 Å². The van der Waals surface area contributed by atoms with Crippen molar-refractivity contribution in [3.63, 3.8) is 0 Å². The van der Waals surface area contributed by atoms with Gasteiger partial charge in [-0.1, -0.05) is 41.9 Å². The smallest absolute Gasteiger partial charge is 0.128 e. The van der Waals surface area contributed by atoms with Crippen molar-refractivity contribution >= 4 is 34.2 Å². The molecule has 3 aromatic rings. The lowest BCUT2D eigenvalue weighted by Crippen LogP contribution is -2.06. The minimum Gasteiger partial charge on any atom is -0.322 e. The van der Waals surface area contributed by atoms with Crippen molar-refractivity contribution in [1.82, 2.24) is 9.55 Å². The number of fused-ring (bicyclic) bond motifs is 1. The number of rotatable bonds is 3. The zero-order valence-corrected chi connectivity index (χ0v) is 13.5. The second-order valence-corrected chi connectivity index (χ2v) is 6.26. The molecule has 1 heterocycles. The van der Waals surface area contributed by atoms with Gasteiger partial charge in [0.25, 0.3) is 0 Å². The number of halogens is 2. The van der Waals surface area contributed by atoms with Gasteiger partial charge in [-0.2, -0.15) is 0 Å². The van der Waals surface area contributed by atoms with Crippen molar-refractivity contribution in [3.8, 4) is 0 Å². The van der Waals surface area contributed by atoms with E-state index in [1.54, 1.807) is 0 Å². The van der Waals surface area contributed by atoms with Crippen LogP contribution in [0.2, 0.25) is 5.02 Å². The zero-order chi connectivity index (χ0) is 15.0. The first-order valence-electron chi connectivity index (χ1n) is 6.91. The Morgan fingerprint density at radius 1 is 1.14 bits per heavy atom. The Hall–Kier alpha value is -1.51. The summed E-state index contributed by atoms with van der Waals surface area (Å²) in [6, 6.07) is 14.2. The van der Waals surface area contributed by atoms with Crippen LogP contribution in [0.4, 0.5) is 0 Å². The first kappa shape index (κ1) is 14.4. The highest BCUT2D eigenvalue weighted by Crippen LogP contribution is 2.30. The number of nitrogens with zero attached hydrogens (tertiary/aromatic N) is 2. The largest absolute Gasteiger partial charge is 0.322 e. The summed E-state index contributed by atoms with van der Waals surface area (Å²) in [5.74, 6) is 0.876. The molecule has 1 aromatic heterocycles. The van der Waals surface area contributed by atoms with Gasteiger partial charge in [0, 0.05) is 11.6 Å². The first-order valence-corrected chi connectivity index (χ1v) is 7.72. The molecule has 0 N–H and O–H groups in total. The monoisotopic (exact) mass is 318 g/mol. The second kappa shape index (κ2) is 5.70. The standard InChI is InChI=1S/C17H16Cl2N2/c1-11-14(19)8-9-15-16(11)21(17(20-15)12(2)18)10-13-6-4-3-5-7-13/h3-9,12H,10H2,1-2H3. The summed E-state index contributed by atoms with van der Waals surface area (Å²) in [5, 5.41) is 0.602. The van der Waals surface area contributed by atoms with E-state index in [1.165, 1.54) is 5.56 Å². The maximum Gasteiger partial charge on any atom is 0.128 e. The van der Waals surface area contributed by atoms with Crippen LogP contribution in [0.15, 0.2) is 42.5 Å². The Balaban J connectivity index is 2.22. The van der Waals surface area contributed by atoms with Gasteiger partial charge in [-0.25, -0.2) is 4.98 Å². The minimum atomic E-state index is -0.153. The summed E-state index contributed by atoms with van der Waals surface area (Å²) in [6.07, 6.45) is 0. The molecule has 0 aliphatic rings. The molecule has 3 rings (SSSR count). The topological polar surface area (TPSA) is 17.8 Å². The fourth-order valence-corrected chi connectivity index (χ4v) is 2.94. The number of alkyl halides is 1. The molecular formula is C17H16Cl2N2. The highest BCUT2D eigenvalue weighted by molar-refractivity contribution is 6.32. The number of aryl methyl sites for hydroxylation is 1. The number of benzene rings is 2. The van der Waals surface area contributed by atoms with Gasteiger partial charge in [-0.3, -0.25) is 0 Å². The van der Waals surface area contributed by atoms with Crippen LogP contribution >= 0.6 is 23.2 Å². The third-order valence-electron chi connectivity index (χ3n) is 3.66. The SMILES string of the molecule is Cc1c(Cl)ccc2nc(C(C)Cl)n(Cc3ccccc3)c12. The average Bonchev–Trinajstić information content (AvgIpc) is 2.84. The summed E-state index contributed by atoms with van der Waals surface area (Å²) in [5.41, 5.74) is 4.26. The van der Waals surface area contributed by atoms with E-state index in [2.05, 4.69) is 21.7 Å². The van der Waals surface area contributed by atoms with Crippen LogP contribution in [0.3, 0.4) is 0 Å². The molecule has 0 saturated carbocycles. The van der Waals surface area contributed by atoms with Crippen LogP contribution in [-0.2, 0) is 6.54 Å². The van der Waals surface area contributed by atoms with Crippen molar-refractivity contribution < 1.29 is 0 Å². The number of hydrogen-bond donors (Lipinski definition) is 0. The van der Waals surface area contributed by atoms with Gasteiger partial charge in [-0.15, -0.1) is 11.6 Å². The molecule has 21 heavy (non-hydrogen) atoms. The van der Waals surface area contributed by atoms with Crippen LogP contribution in [0.25, 0.3) is 11.0 Å². The molecule has 1 unspecified atom stereocenters. The molecule has 0 aliphatic heterocycles. The third-order valence-corrected chi connectivity index (χ3v) is 4.27.